The van der Waals surface area contributed by atoms with Gasteiger partial charge in [-0.2, -0.15) is 0 Å². The SMILES string of the molecule is Cc1ncc(-c2ccc(C(=O)NC3CC3)cc2)nc1C(=O)Nc1ccccc1. The van der Waals surface area contributed by atoms with Gasteiger partial charge in [0.05, 0.1) is 17.6 Å². The molecule has 0 aliphatic heterocycles. The number of nitrogens with one attached hydrogen (secondary N) is 2. The Morgan fingerprint density at radius 3 is 2.36 bits per heavy atom. The highest BCUT2D eigenvalue weighted by molar-refractivity contribution is 6.03. The van der Waals surface area contributed by atoms with Crippen LogP contribution in [0.25, 0.3) is 11.3 Å². The van der Waals surface area contributed by atoms with E-state index in [4.69, 9.17) is 0 Å². The number of carbonyl (C=O) groups is 2. The second-order valence-electron chi connectivity index (χ2n) is 6.83. The average molecular weight is 372 g/mol. The van der Waals surface area contributed by atoms with E-state index < -0.39 is 0 Å². The maximum absolute atomic E-state index is 12.6. The molecular weight excluding hydrogens is 352 g/mol. The summed E-state index contributed by atoms with van der Waals surface area (Å²) in [6, 6.07) is 16.7. The van der Waals surface area contributed by atoms with E-state index in [-0.39, 0.29) is 17.5 Å². The molecular formula is C22H20N4O2. The molecule has 0 spiro atoms. The van der Waals surface area contributed by atoms with Gasteiger partial charge in [0.2, 0.25) is 0 Å². The fourth-order valence-corrected chi connectivity index (χ4v) is 2.80. The Labute approximate surface area is 163 Å². The molecule has 3 aromatic rings. The van der Waals surface area contributed by atoms with Gasteiger partial charge in [-0.3, -0.25) is 14.6 Å². The van der Waals surface area contributed by atoms with Gasteiger partial charge in [0.15, 0.2) is 0 Å². The summed E-state index contributed by atoms with van der Waals surface area (Å²) in [4.78, 5) is 33.5. The molecule has 0 atom stereocenters. The zero-order chi connectivity index (χ0) is 19.5. The van der Waals surface area contributed by atoms with Crippen molar-refractivity contribution in [3.05, 3.63) is 77.7 Å². The molecule has 28 heavy (non-hydrogen) atoms. The van der Waals surface area contributed by atoms with Crippen molar-refractivity contribution in [1.82, 2.24) is 15.3 Å². The van der Waals surface area contributed by atoms with Crippen LogP contribution in [0.1, 0.15) is 39.4 Å². The van der Waals surface area contributed by atoms with E-state index in [1.807, 2.05) is 42.5 Å². The van der Waals surface area contributed by atoms with Crippen molar-refractivity contribution >= 4 is 17.5 Å². The average Bonchev–Trinajstić information content (AvgIpc) is 3.53. The molecule has 2 aromatic carbocycles. The molecule has 140 valence electrons. The van der Waals surface area contributed by atoms with Gasteiger partial charge in [0.1, 0.15) is 5.69 Å². The van der Waals surface area contributed by atoms with Crippen molar-refractivity contribution in [3.63, 3.8) is 0 Å². The standard InChI is InChI=1S/C22H20N4O2/c1-14-20(22(28)25-17-5-3-2-4-6-17)26-19(13-23-14)15-7-9-16(10-8-15)21(27)24-18-11-12-18/h2-10,13,18H,11-12H2,1H3,(H,24,27)(H,25,28). The maximum atomic E-state index is 12.6. The number of hydrogen-bond donors (Lipinski definition) is 2. The van der Waals surface area contributed by atoms with Crippen LogP contribution >= 0.6 is 0 Å². The van der Waals surface area contributed by atoms with Crippen LogP contribution in [0.5, 0.6) is 0 Å². The summed E-state index contributed by atoms with van der Waals surface area (Å²) in [6.45, 7) is 1.75. The van der Waals surface area contributed by atoms with Crippen molar-refractivity contribution in [2.45, 2.75) is 25.8 Å². The Bertz CT molecular complexity index is 1010. The highest BCUT2D eigenvalue weighted by atomic mass is 16.2. The summed E-state index contributed by atoms with van der Waals surface area (Å²) in [7, 11) is 0. The van der Waals surface area contributed by atoms with Crippen LogP contribution in [0.2, 0.25) is 0 Å². The van der Waals surface area contributed by atoms with Crippen LogP contribution in [0.4, 0.5) is 5.69 Å². The van der Waals surface area contributed by atoms with Crippen LogP contribution < -0.4 is 10.6 Å². The third kappa shape index (κ3) is 4.06. The fraction of sp³-hybridized carbons (Fsp3) is 0.182. The lowest BCUT2D eigenvalue weighted by molar-refractivity contribution is 0.0950. The van der Waals surface area contributed by atoms with Gasteiger partial charge >= 0.3 is 0 Å². The molecule has 2 amide bonds. The molecule has 2 N–H and O–H groups in total. The minimum Gasteiger partial charge on any atom is -0.349 e. The summed E-state index contributed by atoms with van der Waals surface area (Å²) >= 11 is 0. The smallest absolute Gasteiger partial charge is 0.276 e. The summed E-state index contributed by atoms with van der Waals surface area (Å²) < 4.78 is 0. The van der Waals surface area contributed by atoms with Gasteiger partial charge in [-0.05, 0) is 44.0 Å². The number of para-hydroxylation sites is 1. The maximum Gasteiger partial charge on any atom is 0.276 e. The Kier molecular flexibility index (Phi) is 4.85. The first kappa shape index (κ1) is 17.9. The molecule has 0 unspecified atom stereocenters. The number of benzene rings is 2. The van der Waals surface area contributed by atoms with Gasteiger partial charge in [0, 0.05) is 22.9 Å². The van der Waals surface area contributed by atoms with Crippen molar-refractivity contribution in [2.75, 3.05) is 5.32 Å². The molecule has 1 aromatic heterocycles. The minimum atomic E-state index is -0.307. The second-order valence-corrected chi connectivity index (χ2v) is 6.83. The second kappa shape index (κ2) is 7.60. The molecule has 0 radical (unpaired) electrons. The third-order valence-corrected chi connectivity index (χ3v) is 4.56. The highest BCUT2D eigenvalue weighted by Crippen LogP contribution is 2.21. The van der Waals surface area contributed by atoms with Crippen molar-refractivity contribution in [3.8, 4) is 11.3 Å². The Morgan fingerprint density at radius 1 is 0.964 bits per heavy atom. The highest BCUT2D eigenvalue weighted by Gasteiger charge is 2.23. The number of aryl methyl sites for hydroxylation is 1. The van der Waals surface area contributed by atoms with E-state index in [0.717, 1.165) is 18.4 Å². The van der Waals surface area contributed by atoms with E-state index in [0.29, 0.717) is 28.7 Å². The van der Waals surface area contributed by atoms with E-state index in [1.165, 1.54) is 0 Å². The van der Waals surface area contributed by atoms with Crippen molar-refractivity contribution in [1.29, 1.82) is 0 Å². The Morgan fingerprint density at radius 2 is 1.68 bits per heavy atom. The molecule has 6 nitrogen and oxygen atoms in total. The van der Waals surface area contributed by atoms with Gasteiger partial charge in [-0.25, -0.2) is 4.98 Å². The number of anilines is 1. The molecule has 6 heteroatoms. The van der Waals surface area contributed by atoms with E-state index >= 15 is 0 Å². The predicted molar refractivity (Wildman–Crippen MR) is 107 cm³/mol. The van der Waals surface area contributed by atoms with Crippen LogP contribution in [0.3, 0.4) is 0 Å². The van der Waals surface area contributed by atoms with Crippen LogP contribution in [0, 0.1) is 6.92 Å². The van der Waals surface area contributed by atoms with Gasteiger partial charge in [0.25, 0.3) is 11.8 Å². The van der Waals surface area contributed by atoms with Gasteiger partial charge in [-0.15, -0.1) is 0 Å². The van der Waals surface area contributed by atoms with Crippen LogP contribution in [0.15, 0.2) is 60.8 Å². The topological polar surface area (TPSA) is 84.0 Å². The number of carbonyl (C=O) groups excluding carboxylic acids is 2. The molecule has 1 fully saturated rings. The Hall–Kier alpha value is -3.54. The number of nitrogens with zero attached hydrogens (tertiary/aromatic N) is 2. The molecule has 1 heterocycles. The van der Waals surface area contributed by atoms with E-state index in [9.17, 15) is 9.59 Å². The zero-order valence-electron chi connectivity index (χ0n) is 15.5. The first-order chi connectivity index (χ1) is 13.6. The molecule has 1 aliphatic rings. The molecule has 4 rings (SSSR count). The predicted octanol–water partition coefficient (Wildman–Crippen LogP) is 3.60. The van der Waals surface area contributed by atoms with Crippen LogP contribution in [-0.2, 0) is 0 Å². The summed E-state index contributed by atoms with van der Waals surface area (Å²) in [5.74, 6) is -0.370. The fourth-order valence-electron chi connectivity index (χ4n) is 2.80. The van der Waals surface area contributed by atoms with Gasteiger partial charge < -0.3 is 10.6 Å². The summed E-state index contributed by atoms with van der Waals surface area (Å²) in [5, 5.41) is 5.80. The summed E-state index contributed by atoms with van der Waals surface area (Å²) in [5.41, 5.74) is 3.51. The quantitative estimate of drug-likeness (QED) is 0.717. The number of rotatable bonds is 5. The van der Waals surface area contributed by atoms with Crippen molar-refractivity contribution in [2.24, 2.45) is 0 Å². The lowest BCUT2D eigenvalue weighted by Gasteiger charge is -2.09. The minimum absolute atomic E-state index is 0.0630. The number of amides is 2. The van der Waals surface area contributed by atoms with Crippen molar-refractivity contribution < 1.29 is 9.59 Å². The van der Waals surface area contributed by atoms with E-state index in [2.05, 4.69) is 20.6 Å². The first-order valence-corrected chi connectivity index (χ1v) is 9.21. The third-order valence-electron chi connectivity index (χ3n) is 4.56. The lowest BCUT2D eigenvalue weighted by Crippen LogP contribution is -2.25. The molecule has 0 bridgehead atoms. The monoisotopic (exact) mass is 372 g/mol. The number of aromatic nitrogens is 2. The van der Waals surface area contributed by atoms with Crippen LogP contribution in [-0.4, -0.2) is 27.8 Å². The summed E-state index contributed by atoms with van der Waals surface area (Å²) in [6.07, 6.45) is 3.74. The molecule has 0 saturated heterocycles. The normalized spacial score (nSPS) is 13.0. The Balaban J connectivity index is 1.54. The van der Waals surface area contributed by atoms with E-state index in [1.54, 1.807) is 25.3 Å². The first-order valence-electron chi connectivity index (χ1n) is 9.21. The lowest BCUT2D eigenvalue weighted by atomic mass is 10.1. The van der Waals surface area contributed by atoms with Gasteiger partial charge in [-0.1, -0.05) is 30.3 Å². The molecule has 1 aliphatic carbocycles. The largest absolute Gasteiger partial charge is 0.349 e. The zero-order valence-corrected chi connectivity index (χ0v) is 15.5. The number of hydrogen-bond acceptors (Lipinski definition) is 4. The molecule has 1 saturated carbocycles.